The summed E-state index contributed by atoms with van der Waals surface area (Å²) in [6, 6.07) is 0. The van der Waals surface area contributed by atoms with Crippen LogP contribution in [0.25, 0.3) is 0 Å². The van der Waals surface area contributed by atoms with E-state index < -0.39 is 162 Å². The first kappa shape index (κ1) is 106. The molecule has 2 saturated heterocycles. The van der Waals surface area contributed by atoms with Gasteiger partial charge in [-0.1, -0.05) is 309 Å². The van der Waals surface area contributed by atoms with E-state index in [0.29, 0.717) is 38.5 Å². The van der Waals surface area contributed by atoms with Crippen LogP contribution < -0.4 is 0 Å². The van der Waals surface area contributed by atoms with Crippen molar-refractivity contribution in [3.63, 3.8) is 0 Å². The van der Waals surface area contributed by atoms with Gasteiger partial charge in [0.1, 0.15) is 92.6 Å². The minimum absolute atomic E-state index is 0.00928. The Morgan fingerprint density at radius 2 is 0.652 bits per heavy atom. The lowest BCUT2D eigenvalue weighted by Crippen LogP contribution is -2.70. The summed E-state index contributed by atoms with van der Waals surface area (Å²) in [6.07, 6.45) is 27.6. The summed E-state index contributed by atoms with van der Waals surface area (Å²) in [5, 5.41) is 102. The second-order valence-corrected chi connectivity index (χ2v) is 34.2. The molecule has 18 unspecified atom stereocenters. The monoisotopic (exact) mass is 1660 g/mol. The summed E-state index contributed by atoms with van der Waals surface area (Å²) in [7, 11) is -5.81. The number of rotatable bonds is 74. The second-order valence-electron chi connectivity index (χ2n) is 32.8. The summed E-state index contributed by atoms with van der Waals surface area (Å²) in [4.78, 5) is 66.3. The molecule has 674 valence electrons. The molecule has 2 aliphatic heterocycles. The molecule has 1 aliphatic carbocycles. The number of phosphoric ester groups is 1. The maximum Gasteiger partial charge on any atom is 0.472 e. The van der Waals surface area contributed by atoms with Crippen molar-refractivity contribution in [2.75, 3.05) is 26.4 Å². The number of esters is 4. The van der Waals surface area contributed by atoms with Gasteiger partial charge >= 0.3 is 31.7 Å². The smallest absolute Gasteiger partial charge is 0.463 e. The van der Waals surface area contributed by atoms with Crippen LogP contribution in [-0.4, -0.2) is 205 Å². The van der Waals surface area contributed by atoms with E-state index in [1.54, 1.807) is 0 Å². The van der Waals surface area contributed by atoms with E-state index in [2.05, 4.69) is 52.0 Å². The van der Waals surface area contributed by atoms with E-state index in [1.165, 1.54) is 154 Å². The van der Waals surface area contributed by atoms with Gasteiger partial charge in [0, 0.05) is 25.7 Å². The number of carbonyl (C=O) groups excluding carboxylic acids is 4. The Labute approximate surface area is 692 Å². The van der Waals surface area contributed by atoms with Crippen LogP contribution in [0.3, 0.4) is 0 Å². The summed E-state index contributed by atoms with van der Waals surface area (Å²) in [5.41, 5.74) is 0. The van der Waals surface area contributed by atoms with Crippen molar-refractivity contribution >= 4 is 31.7 Å². The van der Waals surface area contributed by atoms with Crippen molar-refractivity contribution in [1.82, 2.24) is 0 Å². The highest BCUT2D eigenvalue weighted by molar-refractivity contribution is 7.47. The average molecular weight is 1660 g/mol. The van der Waals surface area contributed by atoms with Gasteiger partial charge in [-0.25, -0.2) is 4.57 Å². The predicted octanol–water partition coefficient (Wildman–Crippen LogP) is 16.5. The molecule has 0 aromatic heterocycles. The largest absolute Gasteiger partial charge is 0.472 e. The molecular formula is C89H163O25P. The van der Waals surface area contributed by atoms with Gasteiger partial charge in [-0.2, -0.15) is 0 Å². The number of phosphoric acid groups is 1. The maximum absolute atomic E-state index is 14.9. The lowest BCUT2D eigenvalue weighted by molar-refractivity contribution is -0.360. The quantitative estimate of drug-likeness (QED) is 0.00889. The number of unbranched alkanes of at least 4 members (excludes halogenated alkanes) is 46. The van der Waals surface area contributed by atoms with E-state index >= 15 is 0 Å². The van der Waals surface area contributed by atoms with Crippen LogP contribution >= 0.6 is 7.82 Å². The van der Waals surface area contributed by atoms with Crippen LogP contribution in [0.2, 0.25) is 0 Å². The van der Waals surface area contributed by atoms with E-state index in [0.717, 1.165) is 141 Å². The highest BCUT2D eigenvalue weighted by Gasteiger charge is 2.60. The Balaban J connectivity index is 1.92. The first-order valence-corrected chi connectivity index (χ1v) is 47.6. The number of hydrogen-bond donors (Lipinski definition) is 10. The number of carbonyl (C=O) groups is 4. The van der Waals surface area contributed by atoms with E-state index in [1.807, 2.05) is 0 Å². The fourth-order valence-corrected chi connectivity index (χ4v) is 16.0. The Kier molecular flexibility index (Phi) is 63.2. The van der Waals surface area contributed by atoms with E-state index in [-0.39, 0.29) is 25.7 Å². The molecule has 0 radical (unpaired) electrons. The Morgan fingerprint density at radius 1 is 0.339 bits per heavy atom. The first-order valence-electron chi connectivity index (χ1n) is 46.1. The van der Waals surface area contributed by atoms with Crippen molar-refractivity contribution < 1.29 is 122 Å². The van der Waals surface area contributed by atoms with Gasteiger partial charge in [0.25, 0.3) is 0 Å². The van der Waals surface area contributed by atoms with Gasteiger partial charge in [0.05, 0.1) is 13.2 Å². The van der Waals surface area contributed by atoms with Crippen LogP contribution in [0.15, 0.2) is 24.3 Å². The summed E-state index contributed by atoms with van der Waals surface area (Å²) < 4.78 is 73.3. The van der Waals surface area contributed by atoms with Crippen LogP contribution in [0, 0.1) is 0 Å². The zero-order valence-electron chi connectivity index (χ0n) is 71.6. The zero-order chi connectivity index (χ0) is 84.0. The molecule has 0 spiro atoms. The molecule has 1 saturated carbocycles. The average Bonchev–Trinajstić information content (AvgIpc) is 0.756. The van der Waals surface area contributed by atoms with Gasteiger partial charge < -0.3 is 88.7 Å². The van der Waals surface area contributed by atoms with Crippen molar-refractivity contribution in [2.45, 2.75) is 491 Å². The maximum atomic E-state index is 14.9. The number of ether oxygens (including phenoxy) is 8. The molecule has 18 atom stereocenters. The number of aliphatic hydroxyl groups excluding tert-OH is 9. The van der Waals surface area contributed by atoms with Crippen molar-refractivity contribution in [1.29, 1.82) is 0 Å². The van der Waals surface area contributed by atoms with Crippen molar-refractivity contribution in [2.24, 2.45) is 0 Å². The fraction of sp³-hybridized carbons (Fsp3) is 0.910. The standard InChI is InChI=1S/C89H163O25P/c1-5-9-13-17-21-25-29-33-35-39-41-45-49-53-57-61-72(91)105-66-69(108-74(93)63-59-55-51-47-43-37-31-27-23-19-15-11-7-3)67-107-115(103,104)114-87-85(112-88-82(101)78(97)76(95)70(65-90)109-88)81(100)80(99)84(111-75(94)64-60-56-52-48-44-38-32-28-24-20-16-12-8-4)86(87)113-89-83(102)79(98)77(96)71(110-89)68-106-73(92)62-58-54-50-46-42-40-36-34-30-26-22-18-14-10-6-2/h26,30,37,43,69-71,76-90,95-102H,5-25,27-29,31-36,38-42,44-68H2,1-4H3,(H,103,104)/b30-26-,43-37-. The molecule has 3 rings (SSSR count). The molecule has 3 fully saturated rings. The molecule has 3 aliphatic rings. The molecular weight excluding hydrogens is 1500 g/mol. The lowest BCUT2D eigenvalue weighted by atomic mass is 9.84. The number of aliphatic hydroxyl groups is 9. The molecule has 25 nitrogen and oxygen atoms in total. The Bertz CT molecular complexity index is 2490. The molecule has 2 heterocycles. The minimum atomic E-state index is -5.81. The van der Waals surface area contributed by atoms with Crippen LogP contribution in [0.5, 0.6) is 0 Å². The molecule has 115 heavy (non-hydrogen) atoms. The van der Waals surface area contributed by atoms with E-state index in [9.17, 15) is 74.6 Å². The number of allylic oxidation sites excluding steroid dienone is 4. The summed E-state index contributed by atoms with van der Waals surface area (Å²) >= 11 is 0. The molecule has 10 N–H and O–H groups in total. The van der Waals surface area contributed by atoms with E-state index in [4.69, 9.17) is 46.9 Å². The molecule has 0 bridgehead atoms. The van der Waals surface area contributed by atoms with Crippen molar-refractivity contribution in [3.05, 3.63) is 24.3 Å². The summed E-state index contributed by atoms with van der Waals surface area (Å²) in [6.45, 7) is 5.55. The van der Waals surface area contributed by atoms with Gasteiger partial charge in [0.15, 0.2) is 24.8 Å². The third-order valence-electron chi connectivity index (χ3n) is 22.4. The van der Waals surface area contributed by atoms with Crippen molar-refractivity contribution in [3.8, 4) is 0 Å². The Morgan fingerprint density at radius 3 is 1.05 bits per heavy atom. The number of hydrogen-bond acceptors (Lipinski definition) is 24. The second kappa shape index (κ2) is 68.5. The SMILES string of the molecule is CCCCCC/C=C\CCCCCCCCCC(=O)OCC1OC(OC2C(OC(=O)CCCCCCCCCCCCCCC)C(O)C(O)C(OC3OC(CO)C(O)C(O)C3O)C2OP(=O)(O)OCC(COC(=O)CCCCCCCCCCCCCCCCC)OC(=O)CCCCC/C=C\CCCCCCCC)C(O)C(O)C1O. The van der Waals surface area contributed by atoms with Gasteiger partial charge in [-0.3, -0.25) is 28.2 Å². The lowest BCUT2D eigenvalue weighted by Gasteiger charge is -2.50. The van der Waals surface area contributed by atoms with Gasteiger partial charge in [0.2, 0.25) is 0 Å². The van der Waals surface area contributed by atoms with Gasteiger partial charge in [-0.05, 0) is 77.0 Å². The molecule has 0 aromatic rings. The van der Waals surface area contributed by atoms with Crippen LogP contribution in [0.1, 0.15) is 387 Å². The summed E-state index contributed by atoms with van der Waals surface area (Å²) in [5.74, 6) is -2.98. The normalized spacial score (nSPS) is 25.3. The molecule has 0 amide bonds. The van der Waals surface area contributed by atoms with Crippen LogP contribution in [0.4, 0.5) is 0 Å². The van der Waals surface area contributed by atoms with Crippen LogP contribution in [-0.2, 0) is 70.7 Å². The Hall–Kier alpha value is -3.05. The minimum Gasteiger partial charge on any atom is -0.463 e. The highest BCUT2D eigenvalue weighted by atomic mass is 31.2. The third kappa shape index (κ3) is 49.0. The topological polar surface area (TPSA) is 380 Å². The third-order valence-corrected chi connectivity index (χ3v) is 23.4. The zero-order valence-corrected chi connectivity index (χ0v) is 72.5. The molecule has 0 aromatic carbocycles. The fourth-order valence-electron chi connectivity index (χ4n) is 15.1. The highest BCUT2D eigenvalue weighted by Crippen LogP contribution is 2.49. The predicted molar refractivity (Wildman–Crippen MR) is 444 cm³/mol. The molecule has 26 heteroatoms. The first-order chi connectivity index (χ1) is 55.7. The van der Waals surface area contributed by atoms with Gasteiger partial charge in [-0.15, -0.1) is 0 Å².